The van der Waals surface area contributed by atoms with Crippen LogP contribution in [0.1, 0.15) is 45.6 Å². The molecule has 3 nitrogen and oxygen atoms in total. The molecule has 0 amide bonds. The van der Waals surface area contributed by atoms with Crippen molar-refractivity contribution < 1.29 is 14.3 Å². The zero-order valence-electron chi connectivity index (χ0n) is 12.6. The third-order valence-electron chi connectivity index (χ3n) is 3.65. The molecule has 112 valence electrons. The molecule has 20 heavy (non-hydrogen) atoms. The monoisotopic (exact) mass is 296 g/mol. The summed E-state index contributed by atoms with van der Waals surface area (Å²) in [6.45, 7) is 4.90. The van der Waals surface area contributed by atoms with Gasteiger partial charge in [-0.25, -0.2) is 0 Å². The molecule has 0 saturated carbocycles. The van der Waals surface area contributed by atoms with E-state index in [1.54, 1.807) is 13.8 Å². The van der Waals surface area contributed by atoms with Crippen LogP contribution in [-0.2, 0) is 15.8 Å². The maximum atomic E-state index is 12.4. The Kier molecular flexibility index (Phi) is 6.16. The van der Waals surface area contributed by atoms with Gasteiger partial charge in [0.25, 0.3) is 0 Å². The lowest BCUT2D eigenvalue weighted by atomic mass is 10.1. The van der Waals surface area contributed by atoms with Crippen molar-refractivity contribution in [1.82, 2.24) is 0 Å². The molecule has 4 heteroatoms. The van der Waals surface area contributed by atoms with Crippen LogP contribution in [0.2, 0.25) is 0 Å². The summed E-state index contributed by atoms with van der Waals surface area (Å²) in [5.41, 5.74) is 1.25. The highest BCUT2D eigenvalue weighted by molar-refractivity contribution is 7.59. The fourth-order valence-electron chi connectivity index (χ4n) is 2.34. The predicted molar refractivity (Wildman–Crippen MR) is 83.4 cm³/mol. The van der Waals surface area contributed by atoms with Crippen molar-refractivity contribution in [3.05, 3.63) is 35.9 Å². The van der Waals surface area contributed by atoms with Gasteiger partial charge in [-0.05, 0) is 31.7 Å². The van der Waals surface area contributed by atoms with Crippen LogP contribution in [0.3, 0.4) is 0 Å². The van der Waals surface area contributed by atoms with E-state index in [4.69, 9.17) is 0 Å². The fraction of sp³-hybridized carbons (Fsp3) is 0.562. The Labute approximate surface area is 121 Å². The van der Waals surface area contributed by atoms with Gasteiger partial charge in [-0.3, -0.25) is 9.36 Å². The molecule has 0 spiro atoms. The number of hydrogen-bond acceptors (Lipinski definition) is 2. The van der Waals surface area contributed by atoms with Crippen molar-refractivity contribution in [2.75, 3.05) is 6.16 Å². The first kappa shape index (κ1) is 17.1. The van der Waals surface area contributed by atoms with Gasteiger partial charge in [-0.1, -0.05) is 44.2 Å². The molecular weight excluding hydrogens is 271 g/mol. The molecule has 0 saturated heterocycles. The Morgan fingerprint density at radius 1 is 1.20 bits per heavy atom. The molecule has 1 N–H and O–H groups in total. The maximum absolute atomic E-state index is 12.4. The van der Waals surface area contributed by atoms with Crippen molar-refractivity contribution in [3.8, 4) is 0 Å². The number of carbonyl (C=O) groups is 1. The SMILES string of the molecule is CC(=O)CC(C)(C)P(=O)(O)CCCCc1ccccc1. The molecular formula is C16H25O3P. The third kappa shape index (κ3) is 5.22. The molecule has 1 rings (SSSR count). The van der Waals surface area contributed by atoms with E-state index in [1.165, 1.54) is 12.5 Å². The second-order valence-corrected chi connectivity index (χ2v) is 9.12. The summed E-state index contributed by atoms with van der Waals surface area (Å²) in [7, 11) is -3.29. The van der Waals surface area contributed by atoms with Gasteiger partial charge in [0.1, 0.15) is 5.78 Å². The highest BCUT2D eigenvalue weighted by atomic mass is 31.2. The van der Waals surface area contributed by atoms with Crippen molar-refractivity contribution >= 4 is 13.2 Å². The minimum atomic E-state index is -3.29. The molecule has 0 radical (unpaired) electrons. The lowest BCUT2D eigenvalue weighted by molar-refractivity contribution is -0.117. The van der Waals surface area contributed by atoms with E-state index < -0.39 is 12.5 Å². The summed E-state index contributed by atoms with van der Waals surface area (Å²) in [6.07, 6.45) is 2.99. The summed E-state index contributed by atoms with van der Waals surface area (Å²) in [5.74, 6) is -0.0337. The number of benzene rings is 1. The molecule has 1 aromatic carbocycles. The zero-order valence-corrected chi connectivity index (χ0v) is 13.5. The van der Waals surface area contributed by atoms with Crippen LogP contribution in [0.15, 0.2) is 30.3 Å². The van der Waals surface area contributed by atoms with Crippen LogP contribution in [0.5, 0.6) is 0 Å². The molecule has 0 aliphatic heterocycles. The molecule has 1 unspecified atom stereocenters. The standard InChI is InChI=1S/C16H25O3P/c1-14(17)13-16(2,3)20(18,19)12-8-7-11-15-9-5-4-6-10-15/h4-6,9-10H,7-8,11-13H2,1-3H3,(H,18,19). The fourth-order valence-corrected chi connectivity index (χ4v) is 4.06. The minimum Gasteiger partial charge on any atom is -0.344 e. The van der Waals surface area contributed by atoms with Gasteiger partial charge in [0.05, 0.1) is 0 Å². The molecule has 0 fully saturated rings. The molecule has 1 atom stereocenters. The number of rotatable bonds is 8. The molecule has 0 bridgehead atoms. The van der Waals surface area contributed by atoms with Crippen LogP contribution in [0, 0.1) is 0 Å². The maximum Gasteiger partial charge on any atom is 0.206 e. The van der Waals surface area contributed by atoms with Crippen molar-refractivity contribution in [2.24, 2.45) is 0 Å². The van der Waals surface area contributed by atoms with Crippen LogP contribution in [0.4, 0.5) is 0 Å². The van der Waals surface area contributed by atoms with E-state index in [2.05, 4.69) is 12.1 Å². The first-order valence-corrected chi connectivity index (χ1v) is 8.94. The van der Waals surface area contributed by atoms with Gasteiger partial charge in [0, 0.05) is 17.7 Å². The Morgan fingerprint density at radius 2 is 1.80 bits per heavy atom. The van der Waals surface area contributed by atoms with Crippen molar-refractivity contribution in [3.63, 3.8) is 0 Å². The van der Waals surface area contributed by atoms with Crippen LogP contribution < -0.4 is 0 Å². The Hall–Kier alpha value is -0.920. The molecule has 0 heterocycles. The van der Waals surface area contributed by atoms with Gasteiger partial charge < -0.3 is 4.89 Å². The lowest BCUT2D eigenvalue weighted by Crippen LogP contribution is -2.25. The van der Waals surface area contributed by atoms with Gasteiger partial charge >= 0.3 is 0 Å². The third-order valence-corrected chi connectivity index (χ3v) is 6.62. The Balaban J connectivity index is 2.43. The minimum absolute atomic E-state index is 0.0337. The quantitative estimate of drug-likeness (QED) is 0.582. The van der Waals surface area contributed by atoms with Crippen LogP contribution in [0.25, 0.3) is 0 Å². The number of aryl methyl sites for hydroxylation is 1. The highest BCUT2D eigenvalue weighted by Gasteiger charge is 2.38. The summed E-state index contributed by atoms with van der Waals surface area (Å²) in [6, 6.07) is 10.1. The van der Waals surface area contributed by atoms with Gasteiger partial charge in [0.2, 0.25) is 7.37 Å². The van der Waals surface area contributed by atoms with Gasteiger partial charge in [-0.2, -0.15) is 0 Å². The zero-order chi connectivity index (χ0) is 15.2. The summed E-state index contributed by atoms with van der Waals surface area (Å²) in [5, 5.41) is -0.814. The van der Waals surface area contributed by atoms with Crippen LogP contribution in [-0.4, -0.2) is 22.0 Å². The largest absolute Gasteiger partial charge is 0.344 e. The predicted octanol–water partition coefficient (Wildman–Crippen LogP) is 4.04. The Bertz CT molecular complexity index is 480. The second kappa shape index (κ2) is 7.19. The number of Topliss-reactive ketones (excluding diaryl/α,β-unsaturated/α-hetero) is 1. The van der Waals surface area contributed by atoms with E-state index in [0.717, 1.165) is 12.8 Å². The van der Waals surface area contributed by atoms with E-state index in [1.807, 2.05) is 18.2 Å². The summed E-state index contributed by atoms with van der Waals surface area (Å²) in [4.78, 5) is 21.4. The summed E-state index contributed by atoms with van der Waals surface area (Å²) < 4.78 is 12.4. The number of hydrogen-bond donors (Lipinski definition) is 1. The first-order chi connectivity index (χ1) is 9.24. The van der Waals surface area contributed by atoms with E-state index in [9.17, 15) is 14.3 Å². The smallest absolute Gasteiger partial charge is 0.206 e. The average Bonchev–Trinajstić information content (AvgIpc) is 2.34. The molecule has 1 aromatic rings. The first-order valence-electron chi connectivity index (χ1n) is 7.10. The van der Waals surface area contributed by atoms with Gasteiger partial charge in [0.15, 0.2) is 0 Å². The highest BCUT2D eigenvalue weighted by Crippen LogP contribution is 2.56. The number of unbranched alkanes of at least 4 members (excludes halogenated alkanes) is 1. The Morgan fingerprint density at radius 3 is 2.35 bits per heavy atom. The molecule has 0 aliphatic rings. The lowest BCUT2D eigenvalue weighted by Gasteiger charge is -2.29. The molecule has 0 aliphatic carbocycles. The average molecular weight is 296 g/mol. The number of ketones is 1. The van der Waals surface area contributed by atoms with E-state index >= 15 is 0 Å². The van der Waals surface area contributed by atoms with E-state index in [-0.39, 0.29) is 12.2 Å². The normalized spacial score (nSPS) is 14.8. The van der Waals surface area contributed by atoms with Crippen LogP contribution >= 0.6 is 7.37 Å². The summed E-state index contributed by atoms with van der Waals surface area (Å²) >= 11 is 0. The van der Waals surface area contributed by atoms with E-state index in [0.29, 0.717) is 12.6 Å². The second-order valence-electron chi connectivity index (χ2n) is 6.06. The van der Waals surface area contributed by atoms with Crippen molar-refractivity contribution in [1.29, 1.82) is 0 Å². The topological polar surface area (TPSA) is 54.4 Å². The van der Waals surface area contributed by atoms with Gasteiger partial charge in [-0.15, -0.1) is 0 Å². The number of carbonyl (C=O) groups excluding carboxylic acids is 1. The van der Waals surface area contributed by atoms with Crippen molar-refractivity contribution in [2.45, 2.75) is 51.6 Å². The molecule has 0 aromatic heterocycles.